The number of carbonyl (C=O) groups is 2. The first-order valence-corrected chi connectivity index (χ1v) is 7.76. The molecule has 2 aromatic carbocycles. The third-order valence-corrected chi connectivity index (χ3v) is 4.55. The Balaban J connectivity index is 2.46. The molecule has 0 aromatic heterocycles. The van der Waals surface area contributed by atoms with Gasteiger partial charge in [0, 0.05) is 16.9 Å². The number of anilines is 3. The number of nitrogen functional groups attached to an aromatic ring is 3. The van der Waals surface area contributed by atoms with E-state index in [9.17, 15) is 22.6 Å². The normalized spacial score (nSPS) is 13.6. The predicted molar refractivity (Wildman–Crippen MR) is 82.8 cm³/mol. The zero-order valence-electron chi connectivity index (χ0n) is 11.5. The van der Waals surface area contributed by atoms with Crippen molar-refractivity contribution < 1.29 is 22.6 Å². The molecule has 118 valence electrons. The second kappa shape index (κ2) is 4.54. The highest BCUT2D eigenvalue weighted by Gasteiger charge is 2.36. The van der Waals surface area contributed by atoms with Gasteiger partial charge in [-0.2, -0.15) is 8.42 Å². The summed E-state index contributed by atoms with van der Waals surface area (Å²) >= 11 is 0. The summed E-state index contributed by atoms with van der Waals surface area (Å²) in [6.45, 7) is 0. The number of hydrogen-bond donors (Lipinski definition) is 4. The number of nitrogens with two attached hydrogens (primary N) is 3. The summed E-state index contributed by atoms with van der Waals surface area (Å²) in [7, 11) is -4.72. The average Bonchev–Trinajstić information content (AvgIpc) is 2.45. The lowest BCUT2D eigenvalue weighted by atomic mass is 9.81. The SMILES string of the molecule is Nc1cccc2c1C(=O)c1c(N)c(S(=O)(=O)O)cc(N)c1C2=O. The first-order valence-electron chi connectivity index (χ1n) is 6.32. The van der Waals surface area contributed by atoms with E-state index in [0.717, 1.165) is 6.07 Å². The van der Waals surface area contributed by atoms with E-state index in [0.29, 0.717) is 0 Å². The van der Waals surface area contributed by atoms with Gasteiger partial charge in [-0.05, 0) is 12.1 Å². The van der Waals surface area contributed by atoms with Crippen LogP contribution in [0.15, 0.2) is 29.2 Å². The zero-order valence-corrected chi connectivity index (χ0v) is 12.3. The van der Waals surface area contributed by atoms with Gasteiger partial charge in [0.05, 0.1) is 22.4 Å². The minimum Gasteiger partial charge on any atom is -0.398 e. The van der Waals surface area contributed by atoms with Gasteiger partial charge < -0.3 is 17.2 Å². The first-order chi connectivity index (χ1) is 10.6. The minimum absolute atomic E-state index is 0.0572. The summed E-state index contributed by atoms with van der Waals surface area (Å²) < 4.78 is 32.0. The fourth-order valence-electron chi connectivity index (χ4n) is 2.66. The van der Waals surface area contributed by atoms with E-state index >= 15 is 0 Å². The Morgan fingerprint density at radius 2 is 1.52 bits per heavy atom. The monoisotopic (exact) mass is 333 g/mol. The number of rotatable bonds is 1. The molecular weight excluding hydrogens is 322 g/mol. The maximum Gasteiger partial charge on any atom is 0.296 e. The molecule has 0 bridgehead atoms. The van der Waals surface area contributed by atoms with Crippen molar-refractivity contribution in [3.63, 3.8) is 0 Å². The maximum atomic E-state index is 12.7. The Bertz CT molecular complexity index is 1010. The van der Waals surface area contributed by atoms with Gasteiger partial charge in [0.2, 0.25) is 0 Å². The number of benzene rings is 2. The Morgan fingerprint density at radius 1 is 0.870 bits per heavy atom. The molecule has 7 N–H and O–H groups in total. The van der Waals surface area contributed by atoms with E-state index < -0.39 is 32.3 Å². The van der Waals surface area contributed by atoms with Gasteiger partial charge in [-0.1, -0.05) is 12.1 Å². The highest BCUT2D eigenvalue weighted by atomic mass is 32.2. The summed E-state index contributed by atoms with van der Waals surface area (Å²) in [5.74, 6) is -1.31. The summed E-state index contributed by atoms with van der Waals surface area (Å²) in [6.07, 6.45) is 0. The van der Waals surface area contributed by atoms with Crippen molar-refractivity contribution in [3.8, 4) is 0 Å². The predicted octanol–water partition coefficient (Wildman–Crippen LogP) is 0.455. The molecule has 0 heterocycles. The molecule has 2 aromatic rings. The van der Waals surface area contributed by atoms with Crippen LogP contribution in [0.2, 0.25) is 0 Å². The second-order valence-electron chi connectivity index (χ2n) is 5.03. The molecule has 9 heteroatoms. The molecule has 0 atom stereocenters. The Kier molecular flexibility index (Phi) is 2.96. The molecule has 0 fully saturated rings. The van der Waals surface area contributed by atoms with Crippen molar-refractivity contribution in [1.29, 1.82) is 0 Å². The van der Waals surface area contributed by atoms with Crippen LogP contribution in [0.3, 0.4) is 0 Å². The molecule has 1 aliphatic carbocycles. The summed E-state index contributed by atoms with van der Waals surface area (Å²) in [5.41, 5.74) is 15.9. The standard InChI is InChI=1S/C14H11N3O5S/c15-6-3-1-2-5-9(6)14(19)11-10(13(5)18)7(16)4-8(12(11)17)23(20,21)22/h1-4H,15-17H2,(H,20,21,22). The van der Waals surface area contributed by atoms with E-state index in [4.69, 9.17) is 17.2 Å². The molecular formula is C14H11N3O5S. The molecule has 0 spiro atoms. The van der Waals surface area contributed by atoms with Crippen LogP contribution in [0.25, 0.3) is 0 Å². The van der Waals surface area contributed by atoms with Crippen LogP contribution in [0.1, 0.15) is 31.8 Å². The lowest BCUT2D eigenvalue weighted by Crippen LogP contribution is -2.26. The molecule has 0 saturated carbocycles. The molecule has 23 heavy (non-hydrogen) atoms. The van der Waals surface area contributed by atoms with Crippen LogP contribution in [-0.2, 0) is 10.1 Å². The summed E-state index contributed by atoms with van der Waals surface area (Å²) in [6, 6.07) is 5.21. The lowest BCUT2D eigenvalue weighted by Gasteiger charge is -2.22. The molecule has 0 aliphatic heterocycles. The fourth-order valence-corrected chi connectivity index (χ4v) is 3.32. The van der Waals surface area contributed by atoms with E-state index in [-0.39, 0.29) is 33.6 Å². The molecule has 1 aliphatic rings. The van der Waals surface area contributed by atoms with Crippen LogP contribution in [0.5, 0.6) is 0 Å². The van der Waals surface area contributed by atoms with Gasteiger partial charge in [-0.15, -0.1) is 0 Å². The van der Waals surface area contributed by atoms with Crippen LogP contribution < -0.4 is 17.2 Å². The molecule has 3 rings (SSSR count). The van der Waals surface area contributed by atoms with Crippen molar-refractivity contribution >= 4 is 38.7 Å². The molecule has 0 unspecified atom stereocenters. The van der Waals surface area contributed by atoms with Crippen molar-refractivity contribution in [1.82, 2.24) is 0 Å². The Morgan fingerprint density at radius 3 is 2.13 bits per heavy atom. The third-order valence-electron chi connectivity index (χ3n) is 3.66. The van der Waals surface area contributed by atoms with Gasteiger partial charge in [-0.3, -0.25) is 14.1 Å². The van der Waals surface area contributed by atoms with Crippen molar-refractivity contribution in [3.05, 3.63) is 46.5 Å². The first kappa shape index (κ1) is 15.0. The summed E-state index contributed by atoms with van der Waals surface area (Å²) in [5, 5.41) is 0. The third kappa shape index (κ3) is 1.98. The average molecular weight is 333 g/mol. The minimum atomic E-state index is -4.72. The van der Waals surface area contributed by atoms with Gasteiger partial charge in [0.15, 0.2) is 11.6 Å². The van der Waals surface area contributed by atoms with E-state index in [1.54, 1.807) is 0 Å². The van der Waals surface area contributed by atoms with Crippen LogP contribution in [0, 0.1) is 0 Å². The summed E-state index contributed by atoms with van der Waals surface area (Å²) in [4.78, 5) is 24.5. The fraction of sp³-hybridized carbons (Fsp3) is 0. The molecule has 0 amide bonds. The number of fused-ring (bicyclic) bond motifs is 2. The van der Waals surface area contributed by atoms with Crippen LogP contribution >= 0.6 is 0 Å². The quantitative estimate of drug-likeness (QED) is 0.368. The lowest BCUT2D eigenvalue weighted by molar-refractivity contribution is 0.0980. The van der Waals surface area contributed by atoms with Gasteiger partial charge in [0.1, 0.15) is 4.90 Å². The van der Waals surface area contributed by atoms with Gasteiger partial charge >= 0.3 is 0 Å². The molecule has 8 nitrogen and oxygen atoms in total. The molecule has 0 saturated heterocycles. The highest BCUT2D eigenvalue weighted by molar-refractivity contribution is 7.86. The molecule has 0 radical (unpaired) electrons. The number of hydrogen-bond acceptors (Lipinski definition) is 7. The van der Waals surface area contributed by atoms with E-state index in [1.807, 2.05) is 0 Å². The highest BCUT2D eigenvalue weighted by Crippen LogP contribution is 2.39. The second-order valence-corrected chi connectivity index (χ2v) is 6.42. The Labute approximate surface area is 130 Å². The number of ketones is 2. The maximum absolute atomic E-state index is 12.7. The van der Waals surface area contributed by atoms with E-state index in [2.05, 4.69) is 0 Å². The topological polar surface area (TPSA) is 167 Å². The van der Waals surface area contributed by atoms with Crippen LogP contribution in [-0.4, -0.2) is 24.5 Å². The Hall–Kier alpha value is -2.91. The number of carbonyl (C=O) groups excluding carboxylic acids is 2. The zero-order chi connectivity index (χ0) is 17.1. The van der Waals surface area contributed by atoms with Crippen molar-refractivity contribution in [2.75, 3.05) is 17.2 Å². The van der Waals surface area contributed by atoms with Crippen molar-refractivity contribution in [2.24, 2.45) is 0 Å². The van der Waals surface area contributed by atoms with Crippen molar-refractivity contribution in [2.45, 2.75) is 4.90 Å². The van der Waals surface area contributed by atoms with Crippen LogP contribution in [0.4, 0.5) is 17.1 Å². The largest absolute Gasteiger partial charge is 0.398 e. The van der Waals surface area contributed by atoms with E-state index in [1.165, 1.54) is 18.2 Å². The van der Waals surface area contributed by atoms with Gasteiger partial charge in [0.25, 0.3) is 10.1 Å². The van der Waals surface area contributed by atoms with Gasteiger partial charge in [-0.25, -0.2) is 0 Å². The smallest absolute Gasteiger partial charge is 0.296 e.